The third kappa shape index (κ3) is 4.71. The van der Waals surface area contributed by atoms with Gasteiger partial charge in [-0.05, 0) is 30.4 Å². The van der Waals surface area contributed by atoms with Crippen LogP contribution in [-0.4, -0.2) is 64.6 Å². The SMILES string of the molecule is COCC(=O)NC1Cc2ccccc2[C@H]1Nc1ncnc(N(N)C2CC(CO)[C@H](O)C2)c1N. The van der Waals surface area contributed by atoms with E-state index in [1.54, 1.807) is 0 Å². The molecule has 1 aromatic heterocycles. The number of aliphatic hydroxyl groups excluding tert-OH is 2. The normalized spacial score (nSPS) is 26.1. The maximum Gasteiger partial charge on any atom is 0.246 e. The van der Waals surface area contributed by atoms with Crippen LogP contribution in [0.25, 0.3) is 0 Å². The van der Waals surface area contributed by atoms with Crippen LogP contribution in [0.5, 0.6) is 0 Å². The van der Waals surface area contributed by atoms with Gasteiger partial charge < -0.3 is 31.3 Å². The van der Waals surface area contributed by atoms with E-state index in [1.807, 2.05) is 24.3 Å². The van der Waals surface area contributed by atoms with Crippen LogP contribution in [-0.2, 0) is 16.0 Å². The molecule has 2 aliphatic carbocycles. The molecule has 2 aliphatic rings. The summed E-state index contributed by atoms with van der Waals surface area (Å²) in [7, 11) is 1.48. The second-order valence-electron chi connectivity index (χ2n) is 8.63. The highest BCUT2D eigenvalue weighted by Crippen LogP contribution is 2.37. The van der Waals surface area contributed by atoms with Crippen molar-refractivity contribution in [3.8, 4) is 0 Å². The van der Waals surface area contributed by atoms with Crippen molar-refractivity contribution in [3.63, 3.8) is 0 Å². The molecule has 1 saturated carbocycles. The Morgan fingerprint density at radius 1 is 1.30 bits per heavy atom. The highest BCUT2D eigenvalue weighted by atomic mass is 16.5. The molecule has 1 fully saturated rings. The van der Waals surface area contributed by atoms with Crippen LogP contribution in [0.4, 0.5) is 17.3 Å². The Hall–Kier alpha value is -2.99. The van der Waals surface area contributed by atoms with E-state index < -0.39 is 6.10 Å². The van der Waals surface area contributed by atoms with Crippen molar-refractivity contribution in [2.75, 3.05) is 36.4 Å². The van der Waals surface area contributed by atoms with Crippen molar-refractivity contribution in [1.29, 1.82) is 0 Å². The van der Waals surface area contributed by atoms with Crippen LogP contribution in [0.3, 0.4) is 0 Å². The average molecular weight is 458 g/mol. The summed E-state index contributed by atoms with van der Waals surface area (Å²) in [6.07, 6.45) is 2.36. The summed E-state index contributed by atoms with van der Waals surface area (Å²) < 4.78 is 4.95. The summed E-state index contributed by atoms with van der Waals surface area (Å²) in [5.41, 5.74) is 8.87. The van der Waals surface area contributed by atoms with Gasteiger partial charge in [0.2, 0.25) is 5.91 Å². The summed E-state index contributed by atoms with van der Waals surface area (Å²) in [6.45, 7) is -0.127. The Bertz CT molecular complexity index is 991. The first kappa shape index (κ1) is 23.2. The van der Waals surface area contributed by atoms with Crippen molar-refractivity contribution in [2.45, 2.75) is 43.5 Å². The molecular formula is C22H31N7O4. The number of hydrazine groups is 1. The molecule has 5 atom stereocenters. The van der Waals surface area contributed by atoms with Crippen molar-refractivity contribution in [3.05, 3.63) is 41.7 Å². The molecule has 11 heteroatoms. The van der Waals surface area contributed by atoms with Gasteiger partial charge in [-0.15, -0.1) is 0 Å². The minimum Gasteiger partial charge on any atom is -0.396 e. The van der Waals surface area contributed by atoms with Gasteiger partial charge in [0.25, 0.3) is 0 Å². The maximum absolute atomic E-state index is 12.2. The minimum atomic E-state index is -0.627. The number of carbonyl (C=O) groups is 1. The van der Waals surface area contributed by atoms with Gasteiger partial charge in [-0.3, -0.25) is 9.80 Å². The number of fused-ring (bicyclic) bond motifs is 1. The van der Waals surface area contributed by atoms with Crippen LogP contribution in [0.15, 0.2) is 30.6 Å². The fourth-order valence-electron chi connectivity index (χ4n) is 4.81. The number of methoxy groups -OCH3 is 1. The van der Waals surface area contributed by atoms with Gasteiger partial charge >= 0.3 is 0 Å². The lowest BCUT2D eigenvalue weighted by atomic mass is 10.1. The highest BCUT2D eigenvalue weighted by molar-refractivity contribution is 5.78. The molecule has 1 aromatic carbocycles. The van der Waals surface area contributed by atoms with E-state index >= 15 is 0 Å². The number of nitrogens with one attached hydrogen (secondary N) is 2. The molecule has 4 rings (SSSR count). The zero-order chi connectivity index (χ0) is 23.5. The van der Waals surface area contributed by atoms with Crippen molar-refractivity contribution in [1.82, 2.24) is 15.3 Å². The summed E-state index contributed by atoms with van der Waals surface area (Å²) in [4.78, 5) is 20.8. The van der Waals surface area contributed by atoms with Gasteiger partial charge in [0, 0.05) is 25.7 Å². The molecule has 1 amide bonds. The fraction of sp³-hybridized carbons (Fsp3) is 0.500. The Labute approximate surface area is 192 Å². The van der Waals surface area contributed by atoms with Crippen molar-refractivity contribution in [2.24, 2.45) is 11.8 Å². The van der Waals surface area contributed by atoms with E-state index in [0.29, 0.717) is 30.9 Å². The van der Waals surface area contributed by atoms with Crippen LogP contribution in [0.1, 0.15) is 30.0 Å². The van der Waals surface area contributed by atoms with Crippen LogP contribution < -0.4 is 27.2 Å². The minimum absolute atomic E-state index is 0.0242. The largest absolute Gasteiger partial charge is 0.396 e. The van der Waals surface area contributed by atoms with Gasteiger partial charge in [-0.2, -0.15) is 0 Å². The number of rotatable bonds is 8. The molecule has 11 nitrogen and oxygen atoms in total. The summed E-state index contributed by atoms with van der Waals surface area (Å²) in [5, 5.41) is 27.4. The zero-order valence-corrected chi connectivity index (χ0v) is 18.5. The summed E-state index contributed by atoms with van der Waals surface area (Å²) in [6, 6.07) is 7.28. The monoisotopic (exact) mass is 457 g/mol. The van der Waals surface area contributed by atoms with E-state index in [0.717, 1.165) is 11.1 Å². The summed E-state index contributed by atoms with van der Waals surface area (Å²) in [5.74, 6) is 6.64. The van der Waals surface area contributed by atoms with Gasteiger partial charge in [0.15, 0.2) is 11.6 Å². The number of ether oxygens (including phenoxy) is 1. The van der Waals surface area contributed by atoms with Crippen LogP contribution >= 0.6 is 0 Å². The first-order valence-electron chi connectivity index (χ1n) is 11.0. The van der Waals surface area contributed by atoms with Gasteiger partial charge in [-0.1, -0.05) is 24.3 Å². The molecule has 178 valence electrons. The number of nitrogens with two attached hydrogens (primary N) is 2. The van der Waals surface area contributed by atoms with E-state index in [-0.39, 0.29) is 48.9 Å². The van der Waals surface area contributed by atoms with E-state index in [2.05, 4.69) is 20.6 Å². The first-order valence-corrected chi connectivity index (χ1v) is 11.0. The molecule has 1 heterocycles. The lowest BCUT2D eigenvalue weighted by Gasteiger charge is -2.28. The number of carbonyl (C=O) groups excluding carboxylic acids is 1. The highest BCUT2D eigenvalue weighted by Gasteiger charge is 2.37. The molecule has 0 spiro atoms. The number of nitrogen functional groups attached to an aromatic ring is 1. The predicted molar refractivity (Wildman–Crippen MR) is 123 cm³/mol. The van der Waals surface area contributed by atoms with Gasteiger partial charge in [0.1, 0.15) is 18.6 Å². The maximum atomic E-state index is 12.2. The van der Waals surface area contributed by atoms with E-state index in [1.165, 1.54) is 18.4 Å². The number of amides is 1. The number of anilines is 3. The lowest BCUT2D eigenvalue weighted by molar-refractivity contribution is -0.125. The number of hydrogen-bond donors (Lipinski definition) is 6. The number of hydrogen-bond acceptors (Lipinski definition) is 10. The quantitative estimate of drug-likeness (QED) is 0.228. The topological polar surface area (TPSA) is 172 Å². The smallest absolute Gasteiger partial charge is 0.246 e. The molecule has 0 bridgehead atoms. The average Bonchev–Trinajstić information content (AvgIpc) is 3.34. The van der Waals surface area contributed by atoms with Gasteiger partial charge in [-0.25, -0.2) is 15.8 Å². The van der Waals surface area contributed by atoms with Gasteiger partial charge in [0.05, 0.1) is 18.2 Å². The molecule has 2 aromatic rings. The lowest BCUT2D eigenvalue weighted by Crippen LogP contribution is -2.42. The zero-order valence-electron chi connectivity index (χ0n) is 18.5. The van der Waals surface area contributed by atoms with E-state index in [9.17, 15) is 15.0 Å². The Morgan fingerprint density at radius 2 is 2.09 bits per heavy atom. The molecule has 0 aliphatic heterocycles. The third-order valence-corrected chi connectivity index (χ3v) is 6.51. The van der Waals surface area contributed by atoms with Crippen LogP contribution in [0.2, 0.25) is 0 Å². The number of nitrogens with zero attached hydrogens (tertiary/aromatic N) is 3. The molecule has 0 saturated heterocycles. The standard InChI is InChI=1S/C22H31N7O4/c1-33-10-18(32)27-16-7-12-4-2-3-5-15(12)20(16)28-21-19(23)22(26-11-25-21)29(24)14-6-13(9-30)17(31)8-14/h2-5,11,13-14,16-17,20,30-31H,6-10,23-24H2,1H3,(H,27,32)(H,25,26,28)/t13?,14?,16?,17-,20-/m1/s1. The molecule has 8 N–H and O–H groups in total. The molecule has 0 radical (unpaired) electrons. The first-order chi connectivity index (χ1) is 15.9. The Balaban J connectivity index is 1.57. The summed E-state index contributed by atoms with van der Waals surface area (Å²) >= 11 is 0. The van der Waals surface area contributed by atoms with Crippen molar-refractivity contribution >= 4 is 23.2 Å². The molecule has 33 heavy (non-hydrogen) atoms. The van der Waals surface area contributed by atoms with E-state index in [4.69, 9.17) is 16.3 Å². The Morgan fingerprint density at radius 3 is 2.82 bits per heavy atom. The van der Waals surface area contributed by atoms with Crippen molar-refractivity contribution < 1.29 is 19.7 Å². The Kier molecular flexibility index (Phi) is 6.94. The second-order valence-corrected chi connectivity index (χ2v) is 8.63. The fourth-order valence-corrected chi connectivity index (χ4v) is 4.81. The number of benzene rings is 1. The number of aliphatic hydroxyl groups is 2. The molecule has 3 unspecified atom stereocenters. The third-order valence-electron chi connectivity index (χ3n) is 6.51. The molecular weight excluding hydrogens is 426 g/mol. The number of aromatic nitrogens is 2. The predicted octanol–water partition coefficient (Wildman–Crippen LogP) is -0.289. The second kappa shape index (κ2) is 9.87. The van der Waals surface area contributed by atoms with Crippen LogP contribution in [0, 0.1) is 5.92 Å².